The summed E-state index contributed by atoms with van der Waals surface area (Å²) >= 11 is 1.47. The Morgan fingerprint density at radius 3 is 2.88 bits per heavy atom. The van der Waals surface area contributed by atoms with Gasteiger partial charge in [0.2, 0.25) is 0 Å². The highest BCUT2D eigenvalue weighted by Gasteiger charge is 2.10. The van der Waals surface area contributed by atoms with Crippen molar-refractivity contribution in [2.75, 3.05) is 6.61 Å². The Bertz CT molecular complexity index is 496. The quantitative estimate of drug-likeness (QED) is 0.845. The van der Waals surface area contributed by atoms with Crippen molar-refractivity contribution < 1.29 is 9.53 Å². The zero-order valence-electron chi connectivity index (χ0n) is 9.34. The number of carbonyl (C=O) groups is 1. The van der Waals surface area contributed by atoms with Crippen LogP contribution in [0.4, 0.5) is 0 Å². The molecule has 0 spiro atoms. The van der Waals surface area contributed by atoms with E-state index in [1.54, 1.807) is 6.92 Å². The number of hydrogen-bond donors (Lipinski definition) is 1. The van der Waals surface area contributed by atoms with Gasteiger partial charge in [-0.25, -0.2) is 9.78 Å². The van der Waals surface area contributed by atoms with Gasteiger partial charge in [0.05, 0.1) is 12.8 Å². The molecule has 0 radical (unpaired) electrons. The van der Waals surface area contributed by atoms with Gasteiger partial charge in [-0.2, -0.15) is 0 Å². The summed E-state index contributed by atoms with van der Waals surface area (Å²) in [5.41, 5.74) is 0.380. The van der Waals surface area contributed by atoms with Gasteiger partial charge in [-0.1, -0.05) is 30.0 Å². The van der Waals surface area contributed by atoms with Gasteiger partial charge in [0.25, 0.3) is 0 Å². The highest BCUT2D eigenvalue weighted by Crippen LogP contribution is 2.24. The lowest BCUT2D eigenvalue weighted by atomic mass is 10.4. The Morgan fingerprint density at radius 1 is 1.41 bits per heavy atom. The van der Waals surface area contributed by atoms with Gasteiger partial charge >= 0.3 is 5.97 Å². The number of benzene rings is 1. The number of imidazole rings is 1. The SMILES string of the molecule is CCOC(=O)c1cnc(Sc2ccccc2)[nH]1. The van der Waals surface area contributed by atoms with Crippen molar-refractivity contribution in [3.63, 3.8) is 0 Å². The molecule has 0 aliphatic heterocycles. The molecule has 1 N–H and O–H groups in total. The number of esters is 1. The number of hydrogen-bond acceptors (Lipinski definition) is 4. The van der Waals surface area contributed by atoms with E-state index < -0.39 is 0 Å². The monoisotopic (exact) mass is 248 g/mol. The van der Waals surface area contributed by atoms with Crippen LogP contribution in [0.25, 0.3) is 0 Å². The van der Waals surface area contributed by atoms with E-state index in [4.69, 9.17) is 4.74 Å². The first-order valence-electron chi connectivity index (χ1n) is 5.24. The zero-order chi connectivity index (χ0) is 12.1. The second-order valence-corrected chi connectivity index (χ2v) is 4.30. The molecule has 17 heavy (non-hydrogen) atoms. The Balaban J connectivity index is 2.06. The molecule has 5 heteroatoms. The van der Waals surface area contributed by atoms with Crippen LogP contribution in [0, 0.1) is 0 Å². The highest BCUT2D eigenvalue weighted by atomic mass is 32.2. The molecule has 0 aliphatic carbocycles. The lowest BCUT2D eigenvalue weighted by Gasteiger charge is -1.98. The standard InChI is InChI=1S/C12H12N2O2S/c1-2-16-11(15)10-8-13-12(14-10)17-9-6-4-3-5-7-9/h3-8H,2H2,1H3,(H,13,14). The largest absolute Gasteiger partial charge is 0.461 e. The fourth-order valence-electron chi connectivity index (χ4n) is 1.27. The molecule has 2 rings (SSSR count). The molecule has 0 bridgehead atoms. The highest BCUT2D eigenvalue weighted by molar-refractivity contribution is 7.99. The number of H-pyrrole nitrogens is 1. The molecule has 2 aromatic rings. The molecular formula is C12H12N2O2S. The molecule has 0 atom stereocenters. The molecule has 1 aromatic carbocycles. The summed E-state index contributed by atoms with van der Waals surface area (Å²) in [4.78, 5) is 19.5. The molecule has 0 unspecified atom stereocenters. The third kappa shape index (κ3) is 3.10. The molecule has 88 valence electrons. The fourth-order valence-corrected chi connectivity index (χ4v) is 2.05. The van der Waals surface area contributed by atoms with E-state index in [0.717, 1.165) is 4.90 Å². The van der Waals surface area contributed by atoms with Crippen molar-refractivity contribution in [3.05, 3.63) is 42.2 Å². The van der Waals surface area contributed by atoms with Crippen molar-refractivity contribution >= 4 is 17.7 Å². The summed E-state index contributed by atoms with van der Waals surface area (Å²) in [5.74, 6) is -0.375. The lowest BCUT2D eigenvalue weighted by molar-refractivity contribution is 0.0519. The molecular weight excluding hydrogens is 236 g/mol. The average molecular weight is 248 g/mol. The van der Waals surface area contributed by atoms with Gasteiger partial charge in [-0.15, -0.1) is 0 Å². The molecule has 0 amide bonds. The minimum absolute atomic E-state index is 0.360. The van der Waals surface area contributed by atoms with Crippen molar-refractivity contribution in [2.24, 2.45) is 0 Å². The van der Waals surface area contributed by atoms with Crippen molar-refractivity contribution in [1.29, 1.82) is 0 Å². The van der Waals surface area contributed by atoms with Gasteiger partial charge in [0, 0.05) is 4.90 Å². The lowest BCUT2D eigenvalue weighted by Crippen LogP contribution is -2.04. The summed E-state index contributed by atoms with van der Waals surface area (Å²) < 4.78 is 4.87. The first kappa shape index (κ1) is 11.7. The Morgan fingerprint density at radius 2 is 2.18 bits per heavy atom. The molecule has 1 heterocycles. The zero-order valence-corrected chi connectivity index (χ0v) is 10.2. The molecule has 0 saturated carbocycles. The summed E-state index contributed by atoms with van der Waals surface area (Å²) in [6, 6.07) is 9.83. The number of aromatic nitrogens is 2. The second kappa shape index (κ2) is 5.54. The van der Waals surface area contributed by atoms with Crippen LogP contribution in [0.15, 0.2) is 46.6 Å². The molecule has 4 nitrogen and oxygen atoms in total. The Hall–Kier alpha value is -1.75. The fraction of sp³-hybridized carbons (Fsp3) is 0.167. The average Bonchev–Trinajstić information content (AvgIpc) is 2.79. The van der Waals surface area contributed by atoms with E-state index >= 15 is 0 Å². The number of ether oxygens (including phenoxy) is 1. The maximum atomic E-state index is 11.4. The van der Waals surface area contributed by atoms with Crippen LogP contribution in [0.3, 0.4) is 0 Å². The van der Waals surface area contributed by atoms with Crippen LogP contribution < -0.4 is 0 Å². The van der Waals surface area contributed by atoms with Crippen molar-refractivity contribution in [3.8, 4) is 0 Å². The van der Waals surface area contributed by atoms with E-state index in [-0.39, 0.29) is 5.97 Å². The number of carbonyl (C=O) groups excluding carboxylic acids is 1. The third-order valence-corrected chi connectivity index (χ3v) is 2.91. The second-order valence-electron chi connectivity index (χ2n) is 3.24. The van der Waals surface area contributed by atoms with Gasteiger partial charge in [-0.3, -0.25) is 0 Å². The Kier molecular flexibility index (Phi) is 3.82. The van der Waals surface area contributed by atoms with Crippen molar-refractivity contribution in [2.45, 2.75) is 17.0 Å². The maximum absolute atomic E-state index is 11.4. The first-order chi connectivity index (χ1) is 8.29. The van der Waals surface area contributed by atoms with Crippen molar-refractivity contribution in [1.82, 2.24) is 9.97 Å². The van der Waals surface area contributed by atoms with Gasteiger partial charge in [0.1, 0.15) is 5.69 Å². The van der Waals surface area contributed by atoms with Gasteiger partial charge in [0.15, 0.2) is 5.16 Å². The van der Waals surface area contributed by atoms with Crippen LogP contribution >= 0.6 is 11.8 Å². The smallest absolute Gasteiger partial charge is 0.356 e. The predicted molar refractivity (Wildman–Crippen MR) is 65.1 cm³/mol. The Labute approximate surface area is 103 Å². The minimum Gasteiger partial charge on any atom is -0.461 e. The van der Waals surface area contributed by atoms with E-state index in [9.17, 15) is 4.79 Å². The summed E-state index contributed by atoms with van der Waals surface area (Å²) in [6.45, 7) is 2.13. The predicted octanol–water partition coefficient (Wildman–Crippen LogP) is 2.74. The number of rotatable bonds is 4. The topological polar surface area (TPSA) is 55.0 Å². The van der Waals surface area contributed by atoms with E-state index in [2.05, 4.69) is 9.97 Å². The molecule has 0 fully saturated rings. The van der Waals surface area contributed by atoms with E-state index in [1.165, 1.54) is 18.0 Å². The summed E-state index contributed by atoms with van der Waals surface area (Å²) in [5, 5.41) is 0.680. The van der Waals surface area contributed by atoms with E-state index in [1.807, 2.05) is 30.3 Å². The van der Waals surface area contributed by atoms with Crippen LogP contribution in [0.5, 0.6) is 0 Å². The summed E-state index contributed by atoms with van der Waals surface area (Å²) in [7, 11) is 0. The summed E-state index contributed by atoms with van der Waals surface area (Å²) in [6.07, 6.45) is 1.49. The normalized spacial score (nSPS) is 10.2. The third-order valence-electron chi connectivity index (χ3n) is 2.01. The van der Waals surface area contributed by atoms with Gasteiger partial charge < -0.3 is 9.72 Å². The number of aromatic amines is 1. The van der Waals surface area contributed by atoms with Crippen LogP contribution in [0.2, 0.25) is 0 Å². The van der Waals surface area contributed by atoms with E-state index in [0.29, 0.717) is 17.5 Å². The van der Waals surface area contributed by atoms with Gasteiger partial charge in [-0.05, 0) is 19.1 Å². The van der Waals surface area contributed by atoms with Crippen LogP contribution in [0.1, 0.15) is 17.4 Å². The number of nitrogens with zero attached hydrogens (tertiary/aromatic N) is 1. The molecule has 0 aliphatic rings. The minimum atomic E-state index is -0.375. The first-order valence-corrected chi connectivity index (χ1v) is 6.06. The molecule has 1 aromatic heterocycles. The molecule has 0 saturated heterocycles. The number of nitrogens with one attached hydrogen (secondary N) is 1. The van der Waals surface area contributed by atoms with Crippen LogP contribution in [-0.4, -0.2) is 22.5 Å². The maximum Gasteiger partial charge on any atom is 0.356 e. The van der Waals surface area contributed by atoms with Crippen LogP contribution in [-0.2, 0) is 4.74 Å².